The van der Waals surface area contributed by atoms with Crippen molar-refractivity contribution in [2.45, 2.75) is 19.4 Å². The van der Waals surface area contributed by atoms with E-state index in [9.17, 15) is 0 Å². The molecule has 0 saturated heterocycles. The zero-order chi connectivity index (χ0) is 13.8. The minimum absolute atomic E-state index is 0.222. The van der Waals surface area contributed by atoms with Crippen molar-refractivity contribution in [2.24, 2.45) is 7.05 Å². The first-order valence-electron chi connectivity index (χ1n) is 6.43. The molecular formula is C15H21N3O. The molecule has 1 N–H and O–H groups in total. The van der Waals surface area contributed by atoms with Crippen molar-refractivity contribution in [1.82, 2.24) is 15.1 Å². The Kier molecular flexibility index (Phi) is 4.22. The van der Waals surface area contributed by atoms with Crippen molar-refractivity contribution < 1.29 is 4.74 Å². The summed E-state index contributed by atoms with van der Waals surface area (Å²) in [6.45, 7) is 2.07. The molecule has 4 heteroatoms. The molecule has 0 aliphatic rings. The molecule has 1 atom stereocenters. The van der Waals surface area contributed by atoms with E-state index in [0.29, 0.717) is 0 Å². The molecule has 2 rings (SSSR count). The monoisotopic (exact) mass is 259 g/mol. The highest BCUT2D eigenvalue weighted by Crippen LogP contribution is 2.28. The predicted octanol–water partition coefficient (Wildman–Crippen LogP) is 2.24. The number of likely N-dealkylation sites (N-methyl/N-ethyl adjacent to an activating group) is 1. The lowest BCUT2D eigenvalue weighted by Crippen LogP contribution is -2.19. The van der Waals surface area contributed by atoms with Gasteiger partial charge in [-0.05, 0) is 37.6 Å². The van der Waals surface area contributed by atoms with E-state index in [1.807, 2.05) is 31.2 Å². The molecule has 0 aliphatic heterocycles. The summed E-state index contributed by atoms with van der Waals surface area (Å²) in [6.07, 6.45) is 4.85. The Morgan fingerprint density at radius 3 is 2.79 bits per heavy atom. The van der Waals surface area contributed by atoms with Crippen LogP contribution >= 0.6 is 0 Å². The van der Waals surface area contributed by atoms with E-state index in [1.54, 1.807) is 7.11 Å². The van der Waals surface area contributed by atoms with E-state index in [0.717, 1.165) is 12.2 Å². The smallest absolute Gasteiger partial charge is 0.123 e. The summed E-state index contributed by atoms with van der Waals surface area (Å²) >= 11 is 0. The van der Waals surface area contributed by atoms with Gasteiger partial charge < -0.3 is 10.1 Å². The van der Waals surface area contributed by atoms with Crippen molar-refractivity contribution >= 4 is 0 Å². The maximum atomic E-state index is 5.49. The van der Waals surface area contributed by atoms with Crippen LogP contribution < -0.4 is 10.1 Å². The fourth-order valence-corrected chi connectivity index (χ4v) is 2.29. The number of ether oxygens (including phenoxy) is 1. The molecule has 0 radical (unpaired) electrons. The molecule has 2 aromatic rings. The topological polar surface area (TPSA) is 39.1 Å². The fourth-order valence-electron chi connectivity index (χ4n) is 2.29. The normalized spacial score (nSPS) is 12.4. The fraction of sp³-hybridized carbons (Fsp3) is 0.400. The summed E-state index contributed by atoms with van der Waals surface area (Å²) < 4.78 is 7.32. The molecule has 0 bridgehead atoms. The van der Waals surface area contributed by atoms with Crippen LogP contribution in [-0.4, -0.2) is 23.9 Å². The summed E-state index contributed by atoms with van der Waals surface area (Å²) in [6, 6.07) is 6.54. The lowest BCUT2D eigenvalue weighted by Gasteiger charge is -2.19. The largest absolute Gasteiger partial charge is 0.496 e. The van der Waals surface area contributed by atoms with Gasteiger partial charge in [-0.3, -0.25) is 4.68 Å². The van der Waals surface area contributed by atoms with Gasteiger partial charge in [0.05, 0.1) is 13.3 Å². The van der Waals surface area contributed by atoms with Crippen molar-refractivity contribution in [3.63, 3.8) is 0 Å². The Hall–Kier alpha value is -1.81. The molecular weight excluding hydrogens is 238 g/mol. The van der Waals surface area contributed by atoms with Crippen molar-refractivity contribution in [1.29, 1.82) is 0 Å². The third-order valence-corrected chi connectivity index (χ3v) is 3.31. The van der Waals surface area contributed by atoms with Gasteiger partial charge in [0.2, 0.25) is 0 Å². The average molecular weight is 259 g/mol. The highest BCUT2D eigenvalue weighted by Gasteiger charge is 2.15. The van der Waals surface area contributed by atoms with Gasteiger partial charge in [-0.2, -0.15) is 5.10 Å². The van der Waals surface area contributed by atoms with Crippen LogP contribution in [0.1, 0.15) is 22.7 Å². The zero-order valence-electron chi connectivity index (χ0n) is 12.0. The van der Waals surface area contributed by atoms with E-state index in [1.165, 1.54) is 16.7 Å². The number of nitrogens with zero attached hydrogens (tertiary/aromatic N) is 2. The Morgan fingerprint density at radius 2 is 2.21 bits per heavy atom. The molecule has 0 amide bonds. The number of methoxy groups -OCH3 is 1. The van der Waals surface area contributed by atoms with Crippen LogP contribution in [0, 0.1) is 6.92 Å². The van der Waals surface area contributed by atoms with Gasteiger partial charge in [-0.1, -0.05) is 12.1 Å². The third-order valence-electron chi connectivity index (χ3n) is 3.31. The summed E-state index contributed by atoms with van der Waals surface area (Å²) in [7, 11) is 5.62. The van der Waals surface area contributed by atoms with Crippen molar-refractivity contribution in [3.8, 4) is 5.75 Å². The number of hydrogen-bond acceptors (Lipinski definition) is 3. The van der Waals surface area contributed by atoms with Gasteiger partial charge in [0.1, 0.15) is 5.75 Å². The van der Waals surface area contributed by atoms with Gasteiger partial charge in [0.25, 0.3) is 0 Å². The summed E-state index contributed by atoms with van der Waals surface area (Å²) in [5, 5.41) is 7.57. The van der Waals surface area contributed by atoms with Crippen LogP contribution in [0.5, 0.6) is 5.75 Å². The number of aromatic nitrogens is 2. The van der Waals surface area contributed by atoms with Crippen molar-refractivity contribution in [3.05, 3.63) is 47.3 Å². The number of benzene rings is 1. The van der Waals surface area contributed by atoms with Gasteiger partial charge >= 0.3 is 0 Å². The van der Waals surface area contributed by atoms with E-state index < -0.39 is 0 Å². The minimum atomic E-state index is 0.222. The molecule has 4 nitrogen and oxygen atoms in total. The lowest BCUT2D eigenvalue weighted by molar-refractivity contribution is 0.401. The van der Waals surface area contributed by atoms with E-state index in [4.69, 9.17) is 4.74 Å². The number of hydrogen-bond donors (Lipinski definition) is 1. The van der Waals surface area contributed by atoms with Gasteiger partial charge in [-0.25, -0.2) is 0 Å². The SMILES string of the molecule is CNC(Cc1cnn(C)c1)c1ccc(C)cc1OC. The second kappa shape index (κ2) is 5.89. The summed E-state index contributed by atoms with van der Waals surface area (Å²) in [5.74, 6) is 0.934. The van der Waals surface area contributed by atoms with Crippen LogP contribution in [0.3, 0.4) is 0 Å². The van der Waals surface area contributed by atoms with Gasteiger partial charge in [0, 0.05) is 24.8 Å². The molecule has 1 aromatic carbocycles. The molecule has 0 aliphatic carbocycles. The molecule has 1 unspecified atom stereocenters. The minimum Gasteiger partial charge on any atom is -0.496 e. The highest BCUT2D eigenvalue weighted by atomic mass is 16.5. The maximum Gasteiger partial charge on any atom is 0.123 e. The van der Waals surface area contributed by atoms with Crippen molar-refractivity contribution in [2.75, 3.05) is 14.2 Å². The van der Waals surface area contributed by atoms with Gasteiger partial charge in [-0.15, -0.1) is 0 Å². The molecule has 0 fully saturated rings. The quantitative estimate of drug-likeness (QED) is 0.895. The Balaban J connectivity index is 2.26. The van der Waals surface area contributed by atoms with E-state index in [-0.39, 0.29) is 6.04 Å². The molecule has 0 spiro atoms. The Morgan fingerprint density at radius 1 is 1.42 bits per heavy atom. The highest BCUT2D eigenvalue weighted by molar-refractivity contribution is 5.40. The zero-order valence-corrected chi connectivity index (χ0v) is 12.0. The maximum absolute atomic E-state index is 5.49. The van der Waals surface area contributed by atoms with Gasteiger partial charge in [0.15, 0.2) is 0 Å². The third kappa shape index (κ3) is 3.15. The predicted molar refractivity (Wildman–Crippen MR) is 76.4 cm³/mol. The molecule has 19 heavy (non-hydrogen) atoms. The molecule has 0 saturated carbocycles. The molecule has 1 aromatic heterocycles. The van der Waals surface area contributed by atoms with Crippen LogP contribution in [0.2, 0.25) is 0 Å². The van der Waals surface area contributed by atoms with Crippen LogP contribution in [0.25, 0.3) is 0 Å². The van der Waals surface area contributed by atoms with E-state index >= 15 is 0 Å². The second-order valence-electron chi connectivity index (χ2n) is 4.81. The second-order valence-corrected chi connectivity index (χ2v) is 4.81. The number of rotatable bonds is 5. The van der Waals surface area contributed by atoms with Crippen LogP contribution in [0.4, 0.5) is 0 Å². The Labute approximate surface area is 114 Å². The summed E-state index contributed by atoms with van der Waals surface area (Å²) in [4.78, 5) is 0. The average Bonchev–Trinajstić information content (AvgIpc) is 2.81. The Bertz CT molecular complexity index is 548. The molecule has 1 heterocycles. The lowest BCUT2D eigenvalue weighted by atomic mass is 9.98. The van der Waals surface area contributed by atoms with Crippen LogP contribution in [0.15, 0.2) is 30.6 Å². The first-order valence-corrected chi connectivity index (χ1v) is 6.43. The number of nitrogens with one attached hydrogen (secondary N) is 1. The first kappa shape index (κ1) is 13.6. The van der Waals surface area contributed by atoms with Crippen LogP contribution in [-0.2, 0) is 13.5 Å². The molecule has 102 valence electrons. The first-order chi connectivity index (χ1) is 9.13. The van der Waals surface area contributed by atoms with E-state index in [2.05, 4.69) is 35.5 Å². The number of aryl methyl sites for hydroxylation is 2. The standard InChI is InChI=1S/C15H21N3O/c1-11-5-6-13(15(7-11)19-4)14(16-2)8-12-9-17-18(3)10-12/h5-7,9-10,14,16H,8H2,1-4H3. The summed E-state index contributed by atoms with van der Waals surface area (Å²) in [5.41, 5.74) is 3.60.